The minimum Gasteiger partial charge on any atom is -0.355 e. The standard InChI is InChI=1S/C13H22N2O.ClH/c16-12(8-11-2-1-7-14-11)15-9-13(5-6-13)10-3-4-10;/h10-11,14H,1-9H2,(H,15,16);1H. The van der Waals surface area contributed by atoms with Gasteiger partial charge in [0, 0.05) is 19.0 Å². The molecule has 0 radical (unpaired) electrons. The van der Waals surface area contributed by atoms with Crippen LogP contribution in [0.25, 0.3) is 0 Å². The Morgan fingerprint density at radius 3 is 2.59 bits per heavy atom. The lowest BCUT2D eigenvalue weighted by Crippen LogP contribution is -2.35. The highest BCUT2D eigenvalue weighted by atomic mass is 35.5. The zero-order chi connectivity index (χ0) is 11.0. The third-order valence-corrected chi connectivity index (χ3v) is 4.57. The van der Waals surface area contributed by atoms with Crippen molar-refractivity contribution in [3.63, 3.8) is 0 Å². The van der Waals surface area contributed by atoms with Crippen molar-refractivity contribution in [2.24, 2.45) is 11.3 Å². The number of amides is 1. The molecule has 98 valence electrons. The largest absolute Gasteiger partial charge is 0.355 e. The van der Waals surface area contributed by atoms with Gasteiger partial charge in [-0.3, -0.25) is 4.79 Å². The van der Waals surface area contributed by atoms with E-state index in [1.54, 1.807) is 0 Å². The van der Waals surface area contributed by atoms with Crippen LogP contribution in [0.4, 0.5) is 0 Å². The summed E-state index contributed by atoms with van der Waals surface area (Å²) in [4.78, 5) is 11.8. The summed E-state index contributed by atoms with van der Waals surface area (Å²) in [6, 6.07) is 0.441. The quantitative estimate of drug-likeness (QED) is 0.790. The van der Waals surface area contributed by atoms with Crippen LogP contribution in [0.5, 0.6) is 0 Å². The molecule has 0 aromatic rings. The molecule has 0 aromatic carbocycles. The first-order valence-electron chi connectivity index (χ1n) is 6.79. The van der Waals surface area contributed by atoms with E-state index in [-0.39, 0.29) is 18.3 Å². The van der Waals surface area contributed by atoms with Crippen molar-refractivity contribution in [2.45, 2.75) is 51.0 Å². The van der Waals surface area contributed by atoms with E-state index in [4.69, 9.17) is 0 Å². The Labute approximate surface area is 110 Å². The number of carbonyl (C=O) groups is 1. The van der Waals surface area contributed by atoms with Crippen molar-refractivity contribution >= 4 is 18.3 Å². The fourth-order valence-corrected chi connectivity index (χ4v) is 3.09. The third kappa shape index (κ3) is 3.14. The number of rotatable bonds is 5. The Hall–Kier alpha value is -0.280. The third-order valence-electron chi connectivity index (χ3n) is 4.57. The number of hydrogen-bond donors (Lipinski definition) is 2. The van der Waals surface area contributed by atoms with Crippen LogP contribution in [0.1, 0.15) is 44.9 Å². The van der Waals surface area contributed by atoms with E-state index in [9.17, 15) is 4.79 Å². The Kier molecular flexibility index (Phi) is 3.99. The number of nitrogens with one attached hydrogen (secondary N) is 2. The molecule has 3 fully saturated rings. The van der Waals surface area contributed by atoms with Gasteiger partial charge in [-0.1, -0.05) is 0 Å². The fourth-order valence-electron chi connectivity index (χ4n) is 3.09. The highest BCUT2D eigenvalue weighted by Gasteiger charge is 2.53. The van der Waals surface area contributed by atoms with Gasteiger partial charge in [-0.15, -0.1) is 12.4 Å². The van der Waals surface area contributed by atoms with Gasteiger partial charge in [0.2, 0.25) is 5.91 Å². The van der Waals surface area contributed by atoms with Crippen LogP contribution in [-0.4, -0.2) is 25.0 Å². The molecular weight excluding hydrogens is 236 g/mol. The first-order valence-corrected chi connectivity index (χ1v) is 6.79. The van der Waals surface area contributed by atoms with Crippen LogP contribution in [-0.2, 0) is 4.79 Å². The van der Waals surface area contributed by atoms with E-state index in [1.165, 1.54) is 38.5 Å². The fraction of sp³-hybridized carbons (Fsp3) is 0.923. The Morgan fingerprint density at radius 1 is 1.29 bits per heavy atom. The first-order chi connectivity index (χ1) is 7.78. The van der Waals surface area contributed by atoms with E-state index in [2.05, 4.69) is 10.6 Å². The predicted molar refractivity (Wildman–Crippen MR) is 70.3 cm³/mol. The molecule has 1 unspecified atom stereocenters. The molecule has 4 heteroatoms. The highest BCUT2D eigenvalue weighted by molar-refractivity contribution is 5.85. The van der Waals surface area contributed by atoms with Gasteiger partial charge in [0.25, 0.3) is 0 Å². The summed E-state index contributed by atoms with van der Waals surface area (Å²) >= 11 is 0. The maximum atomic E-state index is 11.8. The number of halogens is 1. The van der Waals surface area contributed by atoms with Crippen LogP contribution >= 0.6 is 12.4 Å². The first kappa shape index (κ1) is 13.2. The van der Waals surface area contributed by atoms with Crippen molar-refractivity contribution < 1.29 is 4.79 Å². The monoisotopic (exact) mass is 258 g/mol. The number of carbonyl (C=O) groups excluding carboxylic acids is 1. The van der Waals surface area contributed by atoms with Crippen molar-refractivity contribution in [1.29, 1.82) is 0 Å². The van der Waals surface area contributed by atoms with Gasteiger partial charge < -0.3 is 10.6 Å². The highest BCUT2D eigenvalue weighted by Crippen LogP contribution is 2.60. The molecule has 0 aromatic heterocycles. The molecule has 3 nitrogen and oxygen atoms in total. The molecule has 1 saturated heterocycles. The lowest BCUT2D eigenvalue weighted by molar-refractivity contribution is -0.121. The molecule has 3 rings (SSSR count). The molecule has 2 N–H and O–H groups in total. The molecule has 1 amide bonds. The van der Waals surface area contributed by atoms with Crippen LogP contribution < -0.4 is 10.6 Å². The molecule has 0 spiro atoms. The van der Waals surface area contributed by atoms with Crippen LogP contribution in [0.2, 0.25) is 0 Å². The van der Waals surface area contributed by atoms with Gasteiger partial charge in [-0.2, -0.15) is 0 Å². The van der Waals surface area contributed by atoms with Crippen LogP contribution in [0.3, 0.4) is 0 Å². The lowest BCUT2D eigenvalue weighted by atomic mass is 10.0. The Morgan fingerprint density at radius 2 is 2.06 bits per heavy atom. The molecule has 1 aliphatic heterocycles. The summed E-state index contributed by atoms with van der Waals surface area (Å²) in [6.45, 7) is 2.03. The van der Waals surface area contributed by atoms with Crippen LogP contribution in [0.15, 0.2) is 0 Å². The summed E-state index contributed by atoms with van der Waals surface area (Å²) in [5, 5.41) is 6.53. The second-order valence-corrected chi connectivity index (χ2v) is 5.91. The van der Waals surface area contributed by atoms with Gasteiger partial charge in [0.05, 0.1) is 0 Å². The second kappa shape index (κ2) is 5.15. The zero-order valence-corrected chi connectivity index (χ0v) is 11.2. The zero-order valence-electron chi connectivity index (χ0n) is 10.3. The SMILES string of the molecule is Cl.O=C(CC1CCCN1)NCC1(C2CC2)CC1. The van der Waals surface area contributed by atoms with Crippen molar-refractivity contribution in [3.05, 3.63) is 0 Å². The van der Waals surface area contributed by atoms with Gasteiger partial charge >= 0.3 is 0 Å². The molecule has 2 aliphatic carbocycles. The normalized spacial score (nSPS) is 29.5. The Balaban J connectivity index is 0.00000108. The minimum absolute atomic E-state index is 0. The molecule has 0 bridgehead atoms. The average molecular weight is 259 g/mol. The topological polar surface area (TPSA) is 41.1 Å². The summed E-state index contributed by atoms with van der Waals surface area (Å²) in [7, 11) is 0. The van der Waals surface area contributed by atoms with Gasteiger partial charge in [0.15, 0.2) is 0 Å². The minimum atomic E-state index is 0. The maximum absolute atomic E-state index is 11.8. The van der Waals surface area contributed by atoms with Gasteiger partial charge in [0.1, 0.15) is 0 Å². The lowest BCUT2D eigenvalue weighted by Gasteiger charge is -2.16. The van der Waals surface area contributed by atoms with Gasteiger partial charge in [-0.05, 0) is 56.4 Å². The van der Waals surface area contributed by atoms with E-state index in [1.807, 2.05) is 0 Å². The van der Waals surface area contributed by atoms with E-state index >= 15 is 0 Å². The van der Waals surface area contributed by atoms with E-state index in [0.29, 0.717) is 17.9 Å². The maximum Gasteiger partial charge on any atom is 0.221 e. The van der Waals surface area contributed by atoms with Gasteiger partial charge in [-0.25, -0.2) is 0 Å². The summed E-state index contributed by atoms with van der Waals surface area (Å²) < 4.78 is 0. The molecule has 3 aliphatic rings. The summed E-state index contributed by atoms with van der Waals surface area (Å²) in [6.07, 6.45) is 8.57. The van der Waals surface area contributed by atoms with Crippen molar-refractivity contribution in [1.82, 2.24) is 10.6 Å². The van der Waals surface area contributed by atoms with Crippen LogP contribution in [0, 0.1) is 11.3 Å². The van der Waals surface area contributed by atoms with E-state index < -0.39 is 0 Å². The Bertz CT molecular complexity index is 281. The summed E-state index contributed by atoms with van der Waals surface area (Å²) in [5.74, 6) is 1.20. The molecule has 1 atom stereocenters. The average Bonchev–Trinajstić information content (AvgIpc) is 3.16. The van der Waals surface area contributed by atoms with E-state index in [0.717, 1.165) is 19.0 Å². The predicted octanol–water partition coefficient (Wildman–Crippen LogP) is 1.86. The second-order valence-electron chi connectivity index (χ2n) is 5.91. The summed E-state index contributed by atoms with van der Waals surface area (Å²) in [5.41, 5.74) is 0.540. The molecular formula is C13H23ClN2O. The van der Waals surface area contributed by atoms with Crippen molar-refractivity contribution in [2.75, 3.05) is 13.1 Å². The smallest absolute Gasteiger partial charge is 0.221 e. The molecule has 17 heavy (non-hydrogen) atoms. The molecule has 2 saturated carbocycles. The number of hydrogen-bond acceptors (Lipinski definition) is 2. The molecule has 1 heterocycles. The van der Waals surface area contributed by atoms with Crippen molar-refractivity contribution in [3.8, 4) is 0 Å².